The Bertz CT molecular complexity index is 216. The summed E-state index contributed by atoms with van der Waals surface area (Å²) in [6.45, 7) is 6.12. The Balaban J connectivity index is 0. The Morgan fingerprint density at radius 2 is 1.21 bits per heavy atom. The zero-order valence-corrected chi connectivity index (χ0v) is 13.2. The second-order valence-corrected chi connectivity index (χ2v) is 2.61. The van der Waals surface area contributed by atoms with Crippen LogP contribution in [-0.4, -0.2) is 13.1 Å². The maximum Gasteiger partial charge on any atom is 0.0575 e. The van der Waals surface area contributed by atoms with E-state index in [-0.39, 0.29) is 48.0 Å². The molecule has 0 saturated carbocycles. The molecule has 1 aromatic carbocycles. The fourth-order valence-electron chi connectivity index (χ4n) is 1.17. The van der Waals surface area contributed by atoms with Crippen molar-refractivity contribution in [1.82, 2.24) is 0 Å². The molecular formula is C10H18I2N2. The zero-order valence-electron chi connectivity index (χ0n) is 8.54. The fourth-order valence-corrected chi connectivity index (χ4v) is 1.17. The summed E-state index contributed by atoms with van der Waals surface area (Å²) in [7, 11) is 0. The predicted octanol–water partition coefficient (Wildman–Crippen LogP) is 3.79. The highest BCUT2D eigenvalue weighted by atomic mass is 127. The van der Waals surface area contributed by atoms with E-state index in [1.807, 2.05) is 12.1 Å². The molecule has 1 rings (SSSR count). The van der Waals surface area contributed by atoms with Gasteiger partial charge in [0.1, 0.15) is 0 Å². The van der Waals surface area contributed by atoms with Gasteiger partial charge in [-0.1, -0.05) is 12.1 Å². The lowest BCUT2D eigenvalue weighted by Gasteiger charge is -2.10. The van der Waals surface area contributed by atoms with Crippen LogP contribution in [0.3, 0.4) is 0 Å². The number of halogens is 2. The Morgan fingerprint density at radius 1 is 0.857 bits per heavy atom. The summed E-state index contributed by atoms with van der Waals surface area (Å²) in [5.74, 6) is 0. The first kappa shape index (κ1) is 16.7. The molecule has 0 bridgehead atoms. The van der Waals surface area contributed by atoms with Crippen LogP contribution >= 0.6 is 48.0 Å². The second kappa shape index (κ2) is 9.82. The molecule has 1 aromatic rings. The average molecular weight is 420 g/mol. The van der Waals surface area contributed by atoms with E-state index in [4.69, 9.17) is 0 Å². The topological polar surface area (TPSA) is 24.1 Å². The molecule has 0 radical (unpaired) electrons. The van der Waals surface area contributed by atoms with Gasteiger partial charge in [-0.2, -0.15) is 0 Å². The van der Waals surface area contributed by atoms with Crippen LogP contribution in [0.4, 0.5) is 11.4 Å². The minimum absolute atomic E-state index is 0. The van der Waals surface area contributed by atoms with E-state index in [1.165, 1.54) is 11.4 Å². The lowest BCUT2D eigenvalue weighted by atomic mass is 10.2. The second-order valence-electron chi connectivity index (χ2n) is 2.61. The third-order valence-corrected chi connectivity index (χ3v) is 1.66. The molecule has 0 aliphatic rings. The SMILES string of the molecule is CCNc1ccccc1NCC.I.I. The molecule has 0 unspecified atom stereocenters. The highest BCUT2D eigenvalue weighted by Gasteiger charge is 1.96. The van der Waals surface area contributed by atoms with Gasteiger partial charge < -0.3 is 10.6 Å². The highest BCUT2D eigenvalue weighted by Crippen LogP contribution is 2.19. The van der Waals surface area contributed by atoms with Gasteiger partial charge in [-0.25, -0.2) is 0 Å². The average Bonchev–Trinajstić information content (AvgIpc) is 2.09. The van der Waals surface area contributed by atoms with Crippen molar-refractivity contribution in [2.24, 2.45) is 0 Å². The summed E-state index contributed by atoms with van der Waals surface area (Å²) in [4.78, 5) is 0. The molecular weight excluding hydrogens is 402 g/mol. The van der Waals surface area contributed by atoms with Crippen LogP contribution in [0.25, 0.3) is 0 Å². The zero-order chi connectivity index (χ0) is 8.81. The molecule has 0 aromatic heterocycles. The van der Waals surface area contributed by atoms with Gasteiger partial charge in [0, 0.05) is 13.1 Å². The van der Waals surface area contributed by atoms with Gasteiger partial charge >= 0.3 is 0 Å². The molecule has 2 nitrogen and oxygen atoms in total. The van der Waals surface area contributed by atoms with Crippen molar-refractivity contribution < 1.29 is 0 Å². The van der Waals surface area contributed by atoms with Gasteiger partial charge in [-0.05, 0) is 26.0 Å². The first-order valence-electron chi connectivity index (χ1n) is 4.45. The first-order chi connectivity index (χ1) is 5.88. The van der Waals surface area contributed by atoms with E-state index >= 15 is 0 Å². The van der Waals surface area contributed by atoms with Crippen LogP contribution in [0, 0.1) is 0 Å². The minimum Gasteiger partial charge on any atom is -0.384 e. The number of rotatable bonds is 4. The van der Waals surface area contributed by atoms with Crippen molar-refractivity contribution in [3.8, 4) is 0 Å². The number of nitrogens with one attached hydrogen (secondary N) is 2. The fraction of sp³-hybridized carbons (Fsp3) is 0.400. The molecule has 0 fully saturated rings. The standard InChI is InChI=1S/C10H16N2.2HI/c1-3-11-9-7-5-6-8-10(9)12-4-2;;/h5-8,11-12H,3-4H2,1-2H3;2*1H. The number of benzene rings is 1. The molecule has 2 N–H and O–H groups in total. The monoisotopic (exact) mass is 420 g/mol. The van der Waals surface area contributed by atoms with E-state index in [0.717, 1.165) is 13.1 Å². The van der Waals surface area contributed by atoms with Crippen LogP contribution < -0.4 is 10.6 Å². The van der Waals surface area contributed by atoms with E-state index in [0.29, 0.717) is 0 Å². The van der Waals surface area contributed by atoms with Crippen LogP contribution in [0.5, 0.6) is 0 Å². The third-order valence-electron chi connectivity index (χ3n) is 1.66. The van der Waals surface area contributed by atoms with Crippen LogP contribution in [0.1, 0.15) is 13.8 Å². The lowest BCUT2D eigenvalue weighted by Crippen LogP contribution is -2.03. The molecule has 4 heteroatoms. The molecule has 0 spiro atoms. The maximum absolute atomic E-state index is 3.30. The number of hydrogen-bond acceptors (Lipinski definition) is 2. The summed E-state index contributed by atoms with van der Waals surface area (Å²) in [6, 6.07) is 8.25. The van der Waals surface area contributed by atoms with Gasteiger partial charge in [0.15, 0.2) is 0 Å². The van der Waals surface area contributed by atoms with Crippen LogP contribution in [0.2, 0.25) is 0 Å². The van der Waals surface area contributed by atoms with E-state index in [1.54, 1.807) is 0 Å². The normalized spacial score (nSPS) is 8.14. The summed E-state index contributed by atoms with van der Waals surface area (Å²) < 4.78 is 0. The maximum atomic E-state index is 3.30. The van der Waals surface area contributed by atoms with Crippen LogP contribution in [-0.2, 0) is 0 Å². The van der Waals surface area contributed by atoms with E-state index in [9.17, 15) is 0 Å². The Labute approximate surface area is 120 Å². The highest BCUT2D eigenvalue weighted by molar-refractivity contribution is 14.0. The summed E-state index contributed by atoms with van der Waals surface area (Å²) in [6.07, 6.45) is 0. The molecule has 0 aliphatic heterocycles. The van der Waals surface area contributed by atoms with Gasteiger partial charge in [0.05, 0.1) is 11.4 Å². The molecule has 0 amide bonds. The molecule has 0 saturated heterocycles. The number of para-hydroxylation sites is 2. The summed E-state index contributed by atoms with van der Waals surface area (Å²) in [5.41, 5.74) is 2.36. The molecule has 0 aliphatic carbocycles. The van der Waals surface area contributed by atoms with Gasteiger partial charge in [-0.3, -0.25) is 0 Å². The Hall–Kier alpha value is 0.280. The van der Waals surface area contributed by atoms with Crippen molar-refractivity contribution in [2.75, 3.05) is 23.7 Å². The van der Waals surface area contributed by atoms with Gasteiger partial charge in [0.25, 0.3) is 0 Å². The molecule has 82 valence electrons. The summed E-state index contributed by atoms with van der Waals surface area (Å²) >= 11 is 0. The number of anilines is 2. The van der Waals surface area contributed by atoms with Gasteiger partial charge in [0.2, 0.25) is 0 Å². The van der Waals surface area contributed by atoms with E-state index < -0.39 is 0 Å². The van der Waals surface area contributed by atoms with Crippen molar-refractivity contribution in [1.29, 1.82) is 0 Å². The smallest absolute Gasteiger partial charge is 0.0575 e. The third kappa shape index (κ3) is 5.23. The number of hydrogen-bond donors (Lipinski definition) is 2. The summed E-state index contributed by atoms with van der Waals surface area (Å²) in [5, 5.41) is 6.60. The van der Waals surface area contributed by atoms with Gasteiger partial charge in [-0.15, -0.1) is 48.0 Å². The van der Waals surface area contributed by atoms with Crippen LogP contribution in [0.15, 0.2) is 24.3 Å². The Kier molecular flexibility index (Phi) is 11.7. The molecule has 0 heterocycles. The van der Waals surface area contributed by atoms with E-state index in [2.05, 4.69) is 36.6 Å². The largest absolute Gasteiger partial charge is 0.384 e. The predicted molar refractivity (Wildman–Crippen MR) is 85.6 cm³/mol. The Morgan fingerprint density at radius 3 is 1.50 bits per heavy atom. The van der Waals surface area contributed by atoms with Crippen molar-refractivity contribution >= 4 is 59.3 Å². The minimum atomic E-state index is 0. The lowest BCUT2D eigenvalue weighted by molar-refractivity contribution is 1.18. The molecule has 0 atom stereocenters. The molecule has 14 heavy (non-hydrogen) atoms. The van der Waals surface area contributed by atoms with Crippen molar-refractivity contribution in [3.63, 3.8) is 0 Å². The van der Waals surface area contributed by atoms with Crippen molar-refractivity contribution in [3.05, 3.63) is 24.3 Å². The first-order valence-corrected chi connectivity index (χ1v) is 4.45. The van der Waals surface area contributed by atoms with Crippen molar-refractivity contribution in [2.45, 2.75) is 13.8 Å². The quantitative estimate of drug-likeness (QED) is 0.725.